The van der Waals surface area contributed by atoms with E-state index in [0.717, 1.165) is 0 Å². The standard InChI is InChI=1S/C9H7N3O2/c13-12(14)8-3-1-2-7-6-10-4-5-11-9(7)8/h1-6,11H. The molecule has 1 aliphatic rings. The van der Waals surface area contributed by atoms with E-state index in [2.05, 4.69) is 10.3 Å². The van der Waals surface area contributed by atoms with Crippen LogP contribution in [0.15, 0.2) is 35.6 Å². The molecule has 0 radical (unpaired) electrons. The van der Waals surface area contributed by atoms with E-state index in [1.807, 2.05) is 0 Å². The first-order valence-electron chi connectivity index (χ1n) is 4.01. The smallest absolute Gasteiger partial charge is 0.293 e. The Kier molecular flexibility index (Phi) is 1.98. The summed E-state index contributed by atoms with van der Waals surface area (Å²) in [6, 6.07) is 4.86. The summed E-state index contributed by atoms with van der Waals surface area (Å²) in [5.74, 6) is 0. The normalized spacial score (nSPS) is 12.9. The Morgan fingerprint density at radius 1 is 1.43 bits per heavy atom. The number of fused-ring (bicyclic) bond motifs is 1. The Balaban J connectivity index is 2.61. The van der Waals surface area contributed by atoms with Gasteiger partial charge in [-0.15, -0.1) is 0 Å². The van der Waals surface area contributed by atoms with Crippen molar-refractivity contribution in [3.05, 3.63) is 46.3 Å². The maximum Gasteiger partial charge on any atom is 0.293 e. The summed E-state index contributed by atoms with van der Waals surface area (Å²) in [7, 11) is 0. The van der Waals surface area contributed by atoms with Gasteiger partial charge in [0.1, 0.15) is 5.69 Å². The lowest BCUT2D eigenvalue weighted by Crippen LogP contribution is -1.98. The number of hydrogen-bond acceptors (Lipinski definition) is 4. The van der Waals surface area contributed by atoms with Crippen molar-refractivity contribution in [2.45, 2.75) is 0 Å². The lowest BCUT2D eigenvalue weighted by molar-refractivity contribution is -0.383. The number of nitro benzene ring substituents is 1. The quantitative estimate of drug-likeness (QED) is 0.542. The van der Waals surface area contributed by atoms with Gasteiger partial charge < -0.3 is 5.32 Å². The van der Waals surface area contributed by atoms with Crippen molar-refractivity contribution in [2.24, 2.45) is 4.99 Å². The lowest BCUT2D eigenvalue weighted by atomic mass is 10.1. The van der Waals surface area contributed by atoms with Crippen molar-refractivity contribution in [1.29, 1.82) is 0 Å². The highest BCUT2D eigenvalue weighted by atomic mass is 16.6. The van der Waals surface area contributed by atoms with Crippen molar-refractivity contribution in [1.82, 2.24) is 0 Å². The van der Waals surface area contributed by atoms with Gasteiger partial charge in [-0.3, -0.25) is 15.1 Å². The van der Waals surface area contributed by atoms with E-state index in [1.54, 1.807) is 30.7 Å². The molecule has 5 heteroatoms. The highest BCUT2D eigenvalue weighted by molar-refractivity contribution is 5.92. The Bertz CT molecular complexity index is 438. The van der Waals surface area contributed by atoms with Crippen LogP contribution in [0.4, 0.5) is 11.4 Å². The molecule has 1 heterocycles. The largest absolute Gasteiger partial charge is 0.354 e. The molecule has 0 amide bonds. The molecule has 0 spiro atoms. The summed E-state index contributed by atoms with van der Waals surface area (Å²) in [5.41, 5.74) is 1.25. The van der Waals surface area contributed by atoms with E-state index in [1.165, 1.54) is 6.07 Å². The molecule has 0 aromatic heterocycles. The van der Waals surface area contributed by atoms with Gasteiger partial charge in [-0.2, -0.15) is 0 Å². The van der Waals surface area contributed by atoms with E-state index in [9.17, 15) is 10.1 Å². The molecule has 0 aliphatic carbocycles. The average Bonchev–Trinajstić information content (AvgIpc) is 2.41. The number of nitro groups is 1. The summed E-state index contributed by atoms with van der Waals surface area (Å²) < 4.78 is 0. The zero-order valence-corrected chi connectivity index (χ0v) is 7.18. The van der Waals surface area contributed by atoms with Gasteiger partial charge >= 0.3 is 0 Å². The predicted octanol–water partition coefficient (Wildman–Crippen LogP) is 1.91. The monoisotopic (exact) mass is 189 g/mol. The molecule has 0 saturated carbocycles. The molecular weight excluding hydrogens is 182 g/mol. The van der Waals surface area contributed by atoms with E-state index in [-0.39, 0.29) is 5.69 Å². The van der Waals surface area contributed by atoms with Gasteiger partial charge in [-0.1, -0.05) is 12.1 Å². The highest BCUT2D eigenvalue weighted by Gasteiger charge is 2.15. The van der Waals surface area contributed by atoms with Crippen LogP contribution in [0.5, 0.6) is 0 Å². The van der Waals surface area contributed by atoms with Crippen molar-refractivity contribution < 1.29 is 4.92 Å². The maximum absolute atomic E-state index is 10.7. The fourth-order valence-electron chi connectivity index (χ4n) is 1.26. The highest BCUT2D eigenvalue weighted by Crippen LogP contribution is 2.27. The summed E-state index contributed by atoms with van der Waals surface area (Å²) in [5, 5.41) is 13.5. The third-order valence-electron chi connectivity index (χ3n) is 1.87. The molecule has 0 saturated heterocycles. The van der Waals surface area contributed by atoms with Crippen LogP contribution in [-0.2, 0) is 0 Å². The summed E-state index contributed by atoms with van der Waals surface area (Å²) in [4.78, 5) is 14.2. The number of nitrogens with zero attached hydrogens (tertiary/aromatic N) is 2. The van der Waals surface area contributed by atoms with Gasteiger partial charge in [0.05, 0.1) is 4.92 Å². The maximum atomic E-state index is 10.7. The van der Waals surface area contributed by atoms with Crippen LogP contribution < -0.4 is 5.32 Å². The minimum absolute atomic E-state index is 0.0560. The number of para-hydroxylation sites is 1. The third kappa shape index (κ3) is 1.35. The molecule has 0 fully saturated rings. The number of aliphatic imine (C=N–C) groups is 1. The minimum Gasteiger partial charge on any atom is -0.354 e. The van der Waals surface area contributed by atoms with Crippen molar-refractivity contribution in [2.75, 3.05) is 5.32 Å². The molecule has 0 bridgehead atoms. The van der Waals surface area contributed by atoms with E-state index in [4.69, 9.17) is 0 Å². The number of anilines is 1. The van der Waals surface area contributed by atoms with Crippen LogP contribution in [0, 0.1) is 10.1 Å². The van der Waals surface area contributed by atoms with E-state index in [0.29, 0.717) is 11.3 Å². The molecule has 5 nitrogen and oxygen atoms in total. The minimum atomic E-state index is -0.418. The fraction of sp³-hybridized carbons (Fsp3) is 0. The Morgan fingerprint density at radius 3 is 3.07 bits per heavy atom. The van der Waals surface area contributed by atoms with Crippen LogP contribution in [0.3, 0.4) is 0 Å². The van der Waals surface area contributed by atoms with Crippen molar-refractivity contribution in [3.8, 4) is 0 Å². The first-order chi connectivity index (χ1) is 6.79. The van der Waals surface area contributed by atoms with Crippen molar-refractivity contribution in [3.63, 3.8) is 0 Å². The predicted molar refractivity (Wildman–Crippen MR) is 53.5 cm³/mol. The van der Waals surface area contributed by atoms with Crippen molar-refractivity contribution >= 4 is 17.6 Å². The topological polar surface area (TPSA) is 67.5 Å². The Labute approximate surface area is 79.9 Å². The SMILES string of the molecule is O=[N+]([O-])c1cccc2c1NC=CN=C2. The van der Waals surface area contributed by atoms with Gasteiger partial charge in [0.15, 0.2) is 0 Å². The van der Waals surface area contributed by atoms with E-state index >= 15 is 0 Å². The Morgan fingerprint density at radius 2 is 2.29 bits per heavy atom. The first-order valence-corrected chi connectivity index (χ1v) is 4.01. The lowest BCUT2D eigenvalue weighted by Gasteiger charge is -2.03. The second-order valence-electron chi connectivity index (χ2n) is 2.74. The van der Waals surface area contributed by atoms with Gasteiger partial charge in [0, 0.05) is 30.2 Å². The average molecular weight is 189 g/mol. The number of benzene rings is 1. The molecule has 1 N–H and O–H groups in total. The van der Waals surface area contributed by atoms with Gasteiger partial charge in [0.25, 0.3) is 5.69 Å². The van der Waals surface area contributed by atoms with Gasteiger partial charge in [0.2, 0.25) is 0 Å². The van der Waals surface area contributed by atoms with Crippen LogP contribution >= 0.6 is 0 Å². The van der Waals surface area contributed by atoms with E-state index < -0.39 is 4.92 Å². The molecule has 0 atom stereocenters. The second kappa shape index (κ2) is 3.29. The fourth-order valence-corrected chi connectivity index (χ4v) is 1.26. The summed E-state index contributed by atoms with van der Waals surface area (Å²) >= 11 is 0. The van der Waals surface area contributed by atoms with Gasteiger partial charge in [-0.25, -0.2) is 0 Å². The molecule has 14 heavy (non-hydrogen) atoms. The van der Waals surface area contributed by atoms with Crippen LogP contribution in [0.2, 0.25) is 0 Å². The molecule has 1 aromatic rings. The third-order valence-corrected chi connectivity index (χ3v) is 1.87. The molecular formula is C9H7N3O2. The molecule has 1 aliphatic heterocycles. The van der Waals surface area contributed by atoms with Crippen LogP contribution in [-0.4, -0.2) is 11.1 Å². The number of nitrogens with one attached hydrogen (secondary N) is 1. The Hall–Kier alpha value is -2.17. The van der Waals surface area contributed by atoms with Crippen LogP contribution in [0.1, 0.15) is 5.56 Å². The number of rotatable bonds is 1. The molecule has 0 unspecified atom stereocenters. The zero-order valence-electron chi connectivity index (χ0n) is 7.18. The first kappa shape index (κ1) is 8.43. The van der Waals surface area contributed by atoms with Gasteiger partial charge in [-0.05, 0) is 0 Å². The molecule has 1 aromatic carbocycles. The molecule has 2 rings (SSSR count). The second-order valence-corrected chi connectivity index (χ2v) is 2.74. The van der Waals surface area contributed by atoms with Crippen LogP contribution in [0.25, 0.3) is 0 Å². The summed E-state index contributed by atoms with van der Waals surface area (Å²) in [6.45, 7) is 0. The summed E-state index contributed by atoms with van der Waals surface area (Å²) in [6.07, 6.45) is 4.69. The molecule has 70 valence electrons. The number of hydrogen-bond donors (Lipinski definition) is 1. The zero-order chi connectivity index (χ0) is 9.97.